The molecule has 1 unspecified atom stereocenters. The summed E-state index contributed by atoms with van der Waals surface area (Å²) < 4.78 is 0. The molecular formula is C21H29N5O2. The second-order valence-electron chi connectivity index (χ2n) is 6.78. The molecule has 7 nitrogen and oxygen atoms in total. The molecule has 1 aromatic carbocycles. The number of aliphatic hydroxyl groups is 1. The molecule has 28 heavy (non-hydrogen) atoms. The Hall–Kier alpha value is -2.93. The van der Waals surface area contributed by atoms with Gasteiger partial charge in [0.15, 0.2) is 5.96 Å². The highest BCUT2D eigenvalue weighted by Gasteiger charge is 2.22. The first-order valence-corrected chi connectivity index (χ1v) is 9.43. The molecule has 150 valence electrons. The van der Waals surface area contributed by atoms with Gasteiger partial charge < -0.3 is 21.1 Å². The number of carbonyl (C=O) groups is 1. The maximum atomic E-state index is 12.0. The van der Waals surface area contributed by atoms with Gasteiger partial charge >= 0.3 is 0 Å². The monoisotopic (exact) mass is 383 g/mol. The molecule has 2 aromatic rings. The van der Waals surface area contributed by atoms with E-state index < -0.39 is 5.60 Å². The fraction of sp³-hybridized carbons (Fsp3) is 0.381. The molecule has 0 bridgehead atoms. The van der Waals surface area contributed by atoms with Gasteiger partial charge in [-0.1, -0.05) is 36.4 Å². The zero-order valence-corrected chi connectivity index (χ0v) is 16.7. The number of aryl methyl sites for hydroxylation is 1. The van der Waals surface area contributed by atoms with Crippen molar-refractivity contribution in [2.45, 2.75) is 32.8 Å². The molecule has 0 saturated heterocycles. The Morgan fingerprint density at radius 1 is 1.18 bits per heavy atom. The summed E-state index contributed by atoms with van der Waals surface area (Å²) in [7, 11) is 0. The molecule has 1 heterocycles. The fourth-order valence-electron chi connectivity index (χ4n) is 2.50. The van der Waals surface area contributed by atoms with E-state index in [2.05, 4.69) is 25.9 Å². The number of amides is 1. The van der Waals surface area contributed by atoms with Gasteiger partial charge in [0.25, 0.3) is 0 Å². The number of nitrogens with one attached hydrogen (secondary N) is 3. The number of aliphatic imine (C=N–C) groups is 1. The number of pyridine rings is 1. The van der Waals surface area contributed by atoms with Crippen molar-refractivity contribution in [3.63, 3.8) is 0 Å². The Balaban J connectivity index is 1.85. The highest BCUT2D eigenvalue weighted by atomic mass is 16.3. The van der Waals surface area contributed by atoms with Gasteiger partial charge in [-0.05, 0) is 38.0 Å². The third-order valence-electron chi connectivity index (χ3n) is 4.11. The van der Waals surface area contributed by atoms with Crippen molar-refractivity contribution >= 4 is 17.7 Å². The van der Waals surface area contributed by atoms with Crippen LogP contribution in [0.1, 0.15) is 31.4 Å². The Morgan fingerprint density at radius 2 is 1.93 bits per heavy atom. The first-order chi connectivity index (χ1) is 13.4. The van der Waals surface area contributed by atoms with E-state index in [1.54, 1.807) is 19.2 Å². The van der Waals surface area contributed by atoms with E-state index >= 15 is 0 Å². The smallest absolute Gasteiger partial charge is 0.227 e. The van der Waals surface area contributed by atoms with Crippen LogP contribution in [0, 0.1) is 6.92 Å². The molecule has 1 atom stereocenters. The van der Waals surface area contributed by atoms with E-state index in [1.807, 2.05) is 50.2 Å². The van der Waals surface area contributed by atoms with Crippen LogP contribution in [0.3, 0.4) is 0 Å². The predicted octanol–water partition coefficient (Wildman–Crippen LogP) is 2.18. The zero-order valence-electron chi connectivity index (χ0n) is 16.7. The molecule has 0 aliphatic heterocycles. The third kappa shape index (κ3) is 7.00. The van der Waals surface area contributed by atoms with Crippen molar-refractivity contribution < 1.29 is 9.90 Å². The lowest BCUT2D eigenvalue weighted by Crippen LogP contribution is -2.40. The minimum absolute atomic E-state index is 0.129. The summed E-state index contributed by atoms with van der Waals surface area (Å²) in [5.41, 5.74) is 0.773. The molecule has 0 aliphatic carbocycles. The molecule has 7 heteroatoms. The molecule has 0 fully saturated rings. The van der Waals surface area contributed by atoms with Gasteiger partial charge in [0.2, 0.25) is 5.91 Å². The molecule has 1 amide bonds. The molecule has 0 radical (unpaired) electrons. The van der Waals surface area contributed by atoms with Crippen molar-refractivity contribution in [2.24, 2.45) is 4.99 Å². The summed E-state index contributed by atoms with van der Waals surface area (Å²) in [5, 5.41) is 19.7. The maximum Gasteiger partial charge on any atom is 0.227 e. The summed E-state index contributed by atoms with van der Waals surface area (Å²) in [4.78, 5) is 20.7. The van der Waals surface area contributed by atoms with E-state index in [4.69, 9.17) is 0 Å². The fourth-order valence-corrected chi connectivity index (χ4v) is 2.50. The van der Waals surface area contributed by atoms with Gasteiger partial charge in [0.1, 0.15) is 11.4 Å². The number of carbonyl (C=O) groups excluding carboxylic acids is 1. The topological polar surface area (TPSA) is 98.6 Å². The normalized spacial score (nSPS) is 13.5. The Morgan fingerprint density at radius 3 is 2.57 bits per heavy atom. The number of anilines is 1. The number of rotatable bonds is 8. The minimum Gasteiger partial charge on any atom is -0.384 e. The van der Waals surface area contributed by atoms with Crippen LogP contribution in [0.15, 0.2) is 53.7 Å². The van der Waals surface area contributed by atoms with Crippen LogP contribution in [-0.2, 0) is 10.4 Å². The average molecular weight is 383 g/mol. The number of hydrogen-bond acceptors (Lipinski definition) is 4. The van der Waals surface area contributed by atoms with E-state index in [1.165, 1.54) is 0 Å². The number of nitrogens with zero attached hydrogens (tertiary/aromatic N) is 2. The van der Waals surface area contributed by atoms with Crippen LogP contribution in [0.4, 0.5) is 5.82 Å². The largest absolute Gasteiger partial charge is 0.384 e. The molecule has 4 N–H and O–H groups in total. The Labute approximate surface area is 166 Å². The number of aromatic nitrogens is 1. The van der Waals surface area contributed by atoms with Crippen LogP contribution in [0.25, 0.3) is 0 Å². The van der Waals surface area contributed by atoms with Gasteiger partial charge in [-0.25, -0.2) is 9.98 Å². The summed E-state index contributed by atoms with van der Waals surface area (Å²) in [6.07, 6.45) is 1.98. The second kappa shape index (κ2) is 10.4. The zero-order chi connectivity index (χ0) is 20.4. The quantitative estimate of drug-likeness (QED) is 0.414. The highest BCUT2D eigenvalue weighted by molar-refractivity contribution is 5.90. The Kier molecular flexibility index (Phi) is 7.95. The van der Waals surface area contributed by atoms with Crippen LogP contribution in [0.2, 0.25) is 0 Å². The van der Waals surface area contributed by atoms with Crippen LogP contribution < -0.4 is 16.0 Å². The standard InChI is InChI=1S/C21H29N5O2/c1-4-22-20(25-15-21(3,28)17-8-6-5-7-9-17)23-13-12-19(27)26-18-11-10-16(2)14-24-18/h5-11,14,28H,4,12-13,15H2,1-3H3,(H2,22,23,25)(H,24,26,27). The predicted molar refractivity (Wildman–Crippen MR) is 112 cm³/mol. The van der Waals surface area contributed by atoms with Crippen molar-refractivity contribution in [1.29, 1.82) is 0 Å². The van der Waals surface area contributed by atoms with Gasteiger partial charge in [0, 0.05) is 25.7 Å². The Bertz CT molecular complexity index is 773. The molecule has 0 saturated carbocycles. The first kappa shape index (κ1) is 21.4. The molecule has 0 aliphatic rings. The van der Waals surface area contributed by atoms with E-state index in [0.29, 0.717) is 24.9 Å². The highest BCUT2D eigenvalue weighted by Crippen LogP contribution is 2.20. The molecule has 2 rings (SSSR count). The van der Waals surface area contributed by atoms with E-state index in [9.17, 15) is 9.90 Å². The van der Waals surface area contributed by atoms with E-state index in [-0.39, 0.29) is 18.9 Å². The van der Waals surface area contributed by atoms with Crippen LogP contribution in [0.5, 0.6) is 0 Å². The minimum atomic E-state index is -1.07. The number of guanidine groups is 1. The van der Waals surface area contributed by atoms with Crippen molar-refractivity contribution in [1.82, 2.24) is 15.6 Å². The lowest BCUT2D eigenvalue weighted by atomic mass is 9.96. The van der Waals surface area contributed by atoms with Gasteiger partial charge in [0.05, 0.1) is 6.54 Å². The lowest BCUT2D eigenvalue weighted by molar-refractivity contribution is -0.116. The summed E-state index contributed by atoms with van der Waals surface area (Å²) in [5.74, 6) is 0.964. The van der Waals surface area contributed by atoms with Gasteiger partial charge in [-0.3, -0.25) is 4.79 Å². The average Bonchev–Trinajstić information content (AvgIpc) is 2.68. The summed E-state index contributed by atoms with van der Waals surface area (Å²) in [6, 6.07) is 13.1. The van der Waals surface area contributed by atoms with E-state index in [0.717, 1.165) is 11.1 Å². The van der Waals surface area contributed by atoms with Gasteiger partial charge in [-0.15, -0.1) is 0 Å². The second-order valence-corrected chi connectivity index (χ2v) is 6.78. The van der Waals surface area contributed by atoms with Crippen LogP contribution >= 0.6 is 0 Å². The van der Waals surface area contributed by atoms with Crippen molar-refractivity contribution in [3.05, 3.63) is 59.8 Å². The van der Waals surface area contributed by atoms with Crippen molar-refractivity contribution in [3.8, 4) is 0 Å². The lowest BCUT2D eigenvalue weighted by Gasteiger charge is -2.22. The SMILES string of the molecule is CCNC(=NCC(C)(O)c1ccccc1)NCCC(=O)Nc1ccc(C)cn1. The number of hydrogen-bond donors (Lipinski definition) is 4. The first-order valence-electron chi connectivity index (χ1n) is 9.43. The molecule has 0 spiro atoms. The van der Waals surface area contributed by atoms with Crippen molar-refractivity contribution in [2.75, 3.05) is 25.0 Å². The van der Waals surface area contributed by atoms with Crippen LogP contribution in [-0.4, -0.2) is 41.6 Å². The summed E-state index contributed by atoms with van der Waals surface area (Å²) >= 11 is 0. The molecule has 1 aromatic heterocycles. The maximum absolute atomic E-state index is 12.0. The molecular weight excluding hydrogens is 354 g/mol. The van der Waals surface area contributed by atoms with Gasteiger partial charge in [-0.2, -0.15) is 0 Å². The third-order valence-corrected chi connectivity index (χ3v) is 4.11. The number of benzene rings is 1. The summed E-state index contributed by atoms with van der Waals surface area (Å²) in [6.45, 7) is 6.93.